The molecule has 1 fully saturated rings. The summed E-state index contributed by atoms with van der Waals surface area (Å²) in [7, 11) is 2.13. The van der Waals surface area contributed by atoms with Crippen LogP contribution in [0.4, 0.5) is 15.8 Å². The van der Waals surface area contributed by atoms with Crippen LogP contribution in [0.15, 0.2) is 12.1 Å². The Labute approximate surface area is 112 Å². The highest BCUT2D eigenvalue weighted by molar-refractivity contribution is 6.31. The van der Waals surface area contributed by atoms with E-state index in [1.165, 1.54) is 25.0 Å². The number of hydrogen-bond acceptors (Lipinski definition) is 3. The van der Waals surface area contributed by atoms with Crippen molar-refractivity contribution in [2.75, 3.05) is 37.7 Å². The van der Waals surface area contributed by atoms with E-state index >= 15 is 0 Å². The summed E-state index contributed by atoms with van der Waals surface area (Å²) in [6, 6.07) is 2.82. The number of likely N-dealkylation sites (tertiary alicyclic amines) is 1. The first kappa shape index (κ1) is 13.4. The van der Waals surface area contributed by atoms with Crippen molar-refractivity contribution in [3.8, 4) is 0 Å². The van der Waals surface area contributed by atoms with Crippen molar-refractivity contribution >= 4 is 23.0 Å². The van der Waals surface area contributed by atoms with Gasteiger partial charge in [-0.05, 0) is 38.4 Å². The Morgan fingerprint density at radius 2 is 2.33 bits per heavy atom. The first-order chi connectivity index (χ1) is 8.56. The lowest BCUT2D eigenvalue weighted by Gasteiger charge is -2.30. The monoisotopic (exact) mass is 271 g/mol. The number of nitrogens with zero attached hydrogens (tertiary/aromatic N) is 1. The van der Waals surface area contributed by atoms with Gasteiger partial charge in [0.2, 0.25) is 0 Å². The third-order valence-electron chi connectivity index (χ3n) is 3.40. The fourth-order valence-electron chi connectivity index (χ4n) is 2.41. The topological polar surface area (TPSA) is 41.3 Å². The van der Waals surface area contributed by atoms with Crippen LogP contribution >= 0.6 is 11.6 Å². The van der Waals surface area contributed by atoms with Crippen LogP contribution in [-0.2, 0) is 0 Å². The summed E-state index contributed by atoms with van der Waals surface area (Å²) >= 11 is 5.66. The molecule has 1 unspecified atom stereocenters. The van der Waals surface area contributed by atoms with Crippen LogP contribution < -0.4 is 11.1 Å². The van der Waals surface area contributed by atoms with Crippen LogP contribution in [0.25, 0.3) is 0 Å². The first-order valence-electron chi connectivity index (χ1n) is 6.23. The predicted octanol–water partition coefficient (Wildman–Crippen LogP) is 2.82. The van der Waals surface area contributed by atoms with E-state index in [0.717, 1.165) is 19.6 Å². The minimum absolute atomic E-state index is 0.0652. The van der Waals surface area contributed by atoms with Gasteiger partial charge in [-0.2, -0.15) is 0 Å². The van der Waals surface area contributed by atoms with Gasteiger partial charge in [0, 0.05) is 19.2 Å². The molecule has 3 N–H and O–H groups in total. The molecule has 0 spiro atoms. The van der Waals surface area contributed by atoms with E-state index in [4.69, 9.17) is 17.3 Å². The summed E-state index contributed by atoms with van der Waals surface area (Å²) in [4.78, 5) is 2.32. The molecule has 18 heavy (non-hydrogen) atoms. The van der Waals surface area contributed by atoms with Gasteiger partial charge in [-0.15, -0.1) is 0 Å². The molecular formula is C13H19ClFN3. The van der Waals surface area contributed by atoms with E-state index < -0.39 is 5.82 Å². The summed E-state index contributed by atoms with van der Waals surface area (Å²) in [5.41, 5.74) is 6.93. The normalized spacial score (nSPS) is 20.9. The van der Waals surface area contributed by atoms with Gasteiger partial charge >= 0.3 is 0 Å². The molecule has 3 nitrogen and oxygen atoms in total. The molecule has 1 atom stereocenters. The maximum Gasteiger partial charge on any atom is 0.143 e. The second-order valence-corrected chi connectivity index (χ2v) is 5.41. The number of hydrogen-bond donors (Lipinski definition) is 2. The van der Waals surface area contributed by atoms with Gasteiger partial charge in [0.05, 0.1) is 16.4 Å². The van der Waals surface area contributed by atoms with Crippen molar-refractivity contribution in [2.24, 2.45) is 5.92 Å². The van der Waals surface area contributed by atoms with Crippen molar-refractivity contribution in [3.05, 3.63) is 23.0 Å². The number of nitrogens with one attached hydrogen (secondary N) is 1. The van der Waals surface area contributed by atoms with Crippen LogP contribution in [0.1, 0.15) is 12.8 Å². The molecule has 1 aliphatic rings. The standard InChI is InChI=1S/C13H19ClFN3/c1-18-4-2-3-9(8-18)7-17-13-6-11(15)10(14)5-12(13)16/h5-6,9,17H,2-4,7-8,16H2,1H3. The lowest BCUT2D eigenvalue weighted by molar-refractivity contribution is 0.217. The quantitative estimate of drug-likeness (QED) is 0.831. The average Bonchev–Trinajstić information content (AvgIpc) is 2.32. The molecule has 0 aliphatic carbocycles. The van der Waals surface area contributed by atoms with Crippen LogP contribution in [0.2, 0.25) is 5.02 Å². The second-order valence-electron chi connectivity index (χ2n) is 5.00. The minimum Gasteiger partial charge on any atom is -0.397 e. The summed E-state index contributed by atoms with van der Waals surface area (Å²) in [5, 5.41) is 3.29. The maximum absolute atomic E-state index is 13.4. The van der Waals surface area contributed by atoms with E-state index in [9.17, 15) is 4.39 Å². The molecule has 1 aliphatic heterocycles. The zero-order valence-electron chi connectivity index (χ0n) is 10.5. The fraction of sp³-hybridized carbons (Fsp3) is 0.538. The minimum atomic E-state index is -0.436. The Balaban J connectivity index is 1.95. The largest absolute Gasteiger partial charge is 0.397 e. The van der Waals surface area contributed by atoms with E-state index in [2.05, 4.69) is 17.3 Å². The molecule has 0 amide bonds. The van der Waals surface area contributed by atoms with Crippen molar-refractivity contribution in [3.63, 3.8) is 0 Å². The number of nitrogens with two attached hydrogens (primary N) is 1. The van der Waals surface area contributed by atoms with Crippen LogP contribution in [0, 0.1) is 11.7 Å². The number of nitrogen functional groups attached to an aromatic ring is 1. The van der Waals surface area contributed by atoms with Gasteiger partial charge < -0.3 is 16.0 Å². The first-order valence-corrected chi connectivity index (χ1v) is 6.61. The Morgan fingerprint density at radius 3 is 3.06 bits per heavy atom. The second kappa shape index (κ2) is 5.76. The van der Waals surface area contributed by atoms with Gasteiger partial charge in [-0.1, -0.05) is 11.6 Å². The lowest BCUT2D eigenvalue weighted by atomic mass is 9.98. The molecule has 2 rings (SSSR count). The summed E-state index contributed by atoms with van der Waals surface area (Å²) < 4.78 is 13.4. The van der Waals surface area contributed by atoms with Gasteiger partial charge in [0.25, 0.3) is 0 Å². The highest BCUT2D eigenvalue weighted by Gasteiger charge is 2.17. The summed E-state index contributed by atoms with van der Waals surface area (Å²) in [6.45, 7) is 3.05. The summed E-state index contributed by atoms with van der Waals surface area (Å²) in [5.74, 6) is 0.149. The molecule has 1 aromatic carbocycles. The van der Waals surface area contributed by atoms with E-state index in [1.807, 2.05) is 0 Å². The molecule has 100 valence electrons. The zero-order chi connectivity index (χ0) is 13.1. The third-order valence-corrected chi connectivity index (χ3v) is 3.69. The number of benzene rings is 1. The number of piperidine rings is 1. The highest BCUT2D eigenvalue weighted by atomic mass is 35.5. The highest BCUT2D eigenvalue weighted by Crippen LogP contribution is 2.26. The molecule has 1 saturated heterocycles. The molecule has 0 bridgehead atoms. The van der Waals surface area contributed by atoms with Gasteiger partial charge in [0.1, 0.15) is 5.82 Å². The van der Waals surface area contributed by atoms with Gasteiger partial charge in [0.15, 0.2) is 0 Å². The molecular weight excluding hydrogens is 253 g/mol. The molecule has 0 radical (unpaired) electrons. The molecule has 5 heteroatoms. The maximum atomic E-state index is 13.4. The summed E-state index contributed by atoms with van der Waals surface area (Å²) in [6.07, 6.45) is 2.42. The van der Waals surface area contributed by atoms with Crippen LogP contribution in [0.3, 0.4) is 0 Å². The number of anilines is 2. The van der Waals surface area contributed by atoms with Gasteiger partial charge in [-0.3, -0.25) is 0 Å². The van der Waals surface area contributed by atoms with Crippen molar-refractivity contribution in [1.82, 2.24) is 4.90 Å². The zero-order valence-corrected chi connectivity index (χ0v) is 11.3. The van der Waals surface area contributed by atoms with Gasteiger partial charge in [-0.25, -0.2) is 4.39 Å². The molecule has 0 aromatic heterocycles. The third kappa shape index (κ3) is 3.27. The average molecular weight is 272 g/mol. The van der Waals surface area contributed by atoms with Crippen molar-refractivity contribution in [2.45, 2.75) is 12.8 Å². The van der Waals surface area contributed by atoms with Crippen LogP contribution in [-0.4, -0.2) is 31.6 Å². The lowest BCUT2D eigenvalue weighted by Crippen LogP contribution is -2.35. The van der Waals surface area contributed by atoms with E-state index in [0.29, 0.717) is 17.3 Å². The smallest absolute Gasteiger partial charge is 0.143 e. The van der Waals surface area contributed by atoms with E-state index in [1.54, 1.807) is 0 Å². The van der Waals surface area contributed by atoms with Crippen molar-refractivity contribution in [1.29, 1.82) is 0 Å². The van der Waals surface area contributed by atoms with E-state index in [-0.39, 0.29) is 5.02 Å². The number of halogens is 2. The SMILES string of the molecule is CN1CCCC(CNc2cc(F)c(Cl)cc2N)C1. The van der Waals surface area contributed by atoms with Crippen molar-refractivity contribution < 1.29 is 4.39 Å². The molecule has 0 saturated carbocycles. The Morgan fingerprint density at radius 1 is 1.56 bits per heavy atom. The molecule has 1 aromatic rings. The predicted molar refractivity (Wildman–Crippen MR) is 74.5 cm³/mol. The molecule has 1 heterocycles. The van der Waals surface area contributed by atoms with Crippen LogP contribution in [0.5, 0.6) is 0 Å². The Bertz CT molecular complexity index is 425. The number of rotatable bonds is 3. The Kier molecular flexibility index (Phi) is 4.30. The Hall–Kier alpha value is -1.00. The fourth-order valence-corrected chi connectivity index (χ4v) is 2.58.